The molecular formula is C21H26FN5O. The molecule has 0 atom stereocenters. The van der Waals surface area contributed by atoms with Crippen molar-refractivity contribution >= 4 is 23.0 Å². The van der Waals surface area contributed by atoms with Crippen LogP contribution in [0.5, 0.6) is 5.75 Å². The molecule has 0 bridgehead atoms. The zero-order valence-corrected chi connectivity index (χ0v) is 16.4. The Bertz CT molecular complexity index is 912. The first-order valence-corrected chi connectivity index (χ1v) is 9.84. The smallest absolute Gasteiger partial charge is 0.229 e. The first kappa shape index (κ1) is 18.7. The SMILES string of the molecule is CNc1cc(C)nc(Nc2cc3c(c(C4=CCNCCC4)c2F)OCCC3)n1. The van der Waals surface area contributed by atoms with Gasteiger partial charge in [-0.25, -0.2) is 9.37 Å². The van der Waals surface area contributed by atoms with Gasteiger partial charge >= 0.3 is 0 Å². The maximum absolute atomic E-state index is 15.7. The molecule has 3 N–H and O–H groups in total. The molecule has 0 fully saturated rings. The summed E-state index contributed by atoms with van der Waals surface area (Å²) >= 11 is 0. The predicted molar refractivity (Wildman–Crippen MR) is 110 cm³/mol. The molecule has 0 amide bonds. The van der Waals surface area contributed by atoms with Crippen molar-refractivity contribution in [3.63, 3.8) is 0 Å². The second kappa shape index (κ2) is 8.14. The van der Waals surface area contributed by atoms with Crippen LogP contribution in [0.15, 0.2) is 18.2 Å². The minimum atomic E-state index is -0.301. The molecule has 3 heterocycles. The van der Waals surface area contributed by atoms with Crippen LogP contribution in [0.1, 0.15) is 36.1 Å². The highest BCUT2D eigenvalue weighted by Crippen LogP contribution is 2.41. The number of nitrogens with zero attached hydrogens (tertiary/aromatic N) is 2. The molecule has 0 unspecified atom stereocenters. The number of benzene rings is 1. The molecule has 0 saturated carbocycles. The molecule has 0 saturated heterocycles. The summed E-state index contributed by atoms with van der Waals surface area (Å²) in [6.45, 7) is 4.20. The van der Waals surface area contributed by atoms with E-state index in [1.54, 1.807) is 7.05 Å². The van der Waals surface area contributed by atoms with Crippen molar-refractivity contribution in [3.8, 4) is 5.75 Å². The highest BCUT2D eigenvalue weighted by atomic mass is 19.1. The van der Waals surface area contributed by atoms with Gasteiger partial charge in [-0.2, -0.15) is 4.98 Å². The number of hydrogen-bond donors (Lipinski definition) is 3. The molecule has 28 heavy (non-hydrogen) atoms. The predicted octanol–water partition coefficient (Wildman–Crippen LogP) is 3.80. The number of anilines is 3. The summed E-state index contributed by atoms with van der Waals surface area (Å²) in [4.78, 5) is 8.80. The van der Waals surface area contributed by atoms with Crippen molar-refractivity contribution in [1.82, 2.24) is 15.3 Å². The van der Waals surface area contributed by atoms with Crippen molar-refractivity contribution in [2.24, 2.45) is 0 Å². The Kier molecular flexibility index (Phi) is 5.43. The first-order valence-electron chi connectivity index (χ1n) is 9.84. The van der Waals surface area contributed by atoms with E-state index in [4.69, 9.17) is 4.74 Å². The number of nitrogens with one attached hydrogen (secondary N) is 3. The highest BCUT2D eigenvalue weighted by molar-refractivity contribution is 5.78. The summed E-state index contributed by atoms with van der Waals surface area (Å²) in [7, 11) is 1.80. The van der Waals surface area contributed by atoms with E-state index in [9.17, 15) is 0 Å². The minimum absolute atomic E-state index is 0.301. The van der Waals surface area contributed by atoms with Crippen LogP contribution in [0, 0.1) is 12.7 Å². The minimum Gasteiger partial charge on any atom is -0.493 e. The number of rotatable bonds is 4. The van der Waals surface area contributed by atoms with Crippen LogP contribution in [0.2, 0.25) is 0 Å². The van der Waals surface area contributed by atoms with Crippen molar-refractivity contribution in [3.05, 3.63) is 40.8 Å². The van der Waals surface area contributed by atoms with Crippen LogP contribution in [0.25, 0.3) is 5.57 Å². The Balaban J connectivity index is 1.79. The van der Waals surface area contributed by atoms with E-state index < -0.39 is 0 Å². The summed E-state index contributed by atoms with van der Waals surface area (Å²) in [6, 6.07) is 3.69. The van der Waals surface area contributed by atoms with Gasteiger partial charge in [0.25, 0.3) is 0 Å². The van der Waals surface area contributed by atoms with Gasteiger partial charge in [-0.15, -0.1) is 0 Å². The van der Waals surface area contributed by atoms with E-state index in [0.29, 0.717) is 35.4 Å². The standard InChI is InChI=1S/C21H26FN5O/c1-13-11-17(23-2)27-21(25-13)26-16-12-15-6-4-10-28-20(15)18(19(16)22)14-5-3-8-24-9-7-14/h7,11-12,24H,3-6,8-10H2,1-2H3,(H2,23,25,26,27). The van der Waals surface area contributed by atoms with Crippen molar-refractivity contribution in [1.29, 1.82) is 0 Å². The fraction of sp³-hybridized carbons (Fsp3) is 0.429. The van der Waals surface area contributed by atoms with Crippen LogP contribution in [-0.4, -0.2) is 36.7 Å². The number of fused-ring (bicyclic) bond motifs is 1. The van der Waals surface area contributed by atoms with Crippen LogP contribution in [-0.2, 0) is 6.42 Å². The van der Waals surface area contributed by atoms with E-state index >= 15 is 4.39 Å². The van der Waals surface area contributed by atoms with Crippen LogP contribution in [0.4, 0.5) is 21.8 Å². The first-order chi connectivity index (χ1) is 13.7. The number of aromatic nitrogens is 2. The molecule has 0 radical (unpaired) electrons. The number of ether oxygens (including phenoxy) is 1. The second-order valence-corrected chi connectivity index (χ2v) is 7.18. The molecule has 2 aliphatic heterocycles. The number of aryl methyl sites for hydroxylation is 2. The van der Waals surface area contributed by atoms with Gasteiger partial charge in [0.15, 0.2) is 5.82 Å². The van der Waals surface area contributed by atoms with Gasteiger partial charge in [0.05, 0.1) is 17.9 Å². The summed E-state index contributed by atoms with van der Waals surface area (Å²) in [6.07, 6.45) is 5.69. The molecule has 6 nitrogen and oxygen atoms in total. The molecule has 7 heteroatoms. The molecule has 1 aromatic heterocycles. The van der Waals surface area contributed by atoms with Crippen LogP contribution < -0.4 is 20.7 Å². The highest BCUT2D eigenvalue weighted by Gasteiger charge is 2.25. The van der Waals surface area contributed by atoms with E-state index in [-0.39, 0.29) is 5.82 Å². The lowest BCUT2D eigenvalue weighted by Gasteiger charge is -2.24. The van der Waals surface area contributed by atoms with E-state index in [1.807, 2.05) is 19.1 Å². The summed E-state index contributed by atoms with van der Waals surface area (Å²) < 4.78 is 21.6. The Labute approximate surface area is 164 Å². The fourth-order valence-electron chi connectivity index (χ4n) is 3.77. The molecule has 0 aliphatic carbocycles. The Morgan fingerprint density at radius 1 is 1.18 bits per heavy atom. The zero-order chi connectivity index (χ0) is 19.5. The van der Waals surface area contributed by atoms with Crippen LogP contribution in [0.3, 0.4) is 0 Å². The number of allylic oxidation sites excluding steroid dienone is 1. The summed E-state index contributed by atoms with van der Waals surface area (Å²) in [5.74, 6) is 1.46. The maximum Gasteiger partial charge on any atom is 0.229 e. The molecule has 148 valence electrons. The van der Waals surface area contributed by atoms with E-state index in [1.165, 1.54) is 0 Å². The lowest BCUT2D eigenvalue weighted by molar-refractivity contribution is 0.285. The normalized spacial score (nSPS) is 16.5. The van der Waals surface area contributed by atoms with Gasteiger partial charge in [-0.05, 0) is 56.4 Å². The lowest BCUT2D eigenvalue weighted by atomic mass is 9.93. The fourth-order valence-corrected chi connectivity index (χ4v) is 3.77. The van der Waals surface area contributed by atoms with E-state index in [2.05, 4.69) is 32.0 Å². The Morgan fingerprint density at radius 2 is 2.07 bits per heavy atom. The summed E-state index contributed by atoms with van der Waals surface area (Å²) in [5, 5.41) is 9.44. The third-order valence-corrected chi connectivity index (χ3v) is 5.10. The molecule has 1 aromatic carbocycles. The molecule has 4 rings (SSSR count). The van der Waals surface area contributed by atoms with E-state index in [0.717, 1.165) is 55.6 Å². The number of halogens is 1. The third-order valence-electron chi connectivity index (χ3n) is 5.10. The molecule has 2 aromatic rings. The Morgan fingerprint density at radius 3 is 2.93 bits per heavy atom. The van der Waals surface area contributed by atoms with Crippen molar-refractivity contribution in [2.75, 3.05) is 37.4 Å². The topological polar surface area (TPSA) is 71.1 Å². The lowest BCUT2D eigenvalue weighted by Crippen LogP contribution is -2.14. The summed E-state index contributed by atoms with van der Waals surface area (Å²) in [5.41, 5.74) is 3.83. The average Bonchev–Trinajstić information content (AvgIpc) is 2.97. The van der Waals surface area contributed by atoms with Crippen molar-refractivity contribution < 1.29 is 9.13 Å². The van der Waals surface area contributed by atoms with Crippen molar-refractivity contribution in [2.45, 2.75) is 32.6 Å². The monoisotopic (exact) mass is 383 g/mol. The second-order valence-electron chi connectivity index (χ2n) is 7.18. The third kappa shape index (κ3) is 3.80. The molecule has 2 aliphatic rings. The van der Waals surface area contributed by atoms with Gasteiger partial charge < -0.3 is 20.7 Å². The zero-order valence-electron chi connectivity index (χ0n) is 16.4. The van der Waals surface area contributed by atoms with Gasteiger partial charge in [0.2, 0.25) is 5.95 Å². The van der Waals surface area contributed by atoms with Gasteiger partial charge in [-0.3, -0.25) is 0 Å². The number of hydrogen-bond acceptors (Lipinski definition) is 6. The van der Waals surface area contributed by atoms with Crippen LogP contribution >= 0.6 is 0 Å². The average molecular weight is 383 g/mol. The maximum atomic E-state index is 15.7. The largest absolute Gasteiger partial charge is 0.493 e. The Hall–Kier alpha value is -2.67. The molecule has 0 spiro atoms. The van der Waals surface area contributed by atoms with Gasteiger partial charge in [0, 0.05) is 25.4 Å². The van der Waals surface area contributed by atoms with Gasteiger partial charge in [-0.1, -0.05) is 6.08 Å². The molecular weight excluding hydrogens is 357 g/mol. The quantitative estimate of drug-likeness (QED) is 0.746. The van der Waals surface area contributed by atoms with Gasteiger partial charge in [0.1, 0.15) is 11.6 Å².